The second kappa shape index (κ2) is 9.33. The largest absolute Gasteiger partial charge is 0.416 e. The minimum absolute atomic E-state index is 0.00130. The van der Waals surface area contributed by atoms with E-state index in [4.69, 9.17) is 4.98 Å². The van der Waals surface area contributed by atoms with Crippen molar-refractivity contribution in [3.8, 4) is 11.3 Å². The molecular formula is C28H25F3N4O. The number of aromatic nitrogens is 3. The first-order chi connectivity index (χ1) is 17.2. The summed E-state index contributed by atoms with van der Waals surface area (Å²) in [6, 6.07) is 16.0. The molecule has 1 aliphatic heterocycles. The molecule has 0 radical (unpaired) electrons. The summed E-state index contributed by atoms with van der Waals surface area (Å²) in [5.41, 5.74) is 4.67. The molecule has 0 spiro atoms. The van der Waals surface area contributed by atoms with Gasteiger partial charge in [-0.2, -0.15) is 13.2 Å². The first-order valence-electron chi connectivity index (χ1n) is 11.9. The van der Waals surface area contributed by atoms with E-state index >= 15 is 0 Å². The zero-order chi connectivity index (χ0) is 25.4. The maximum absolute atomic E-state index is 13.3. The molecule has 1 saturated heterocycles. The highest BCUT2D eigenvalue weighted by Gasteiger charge is 2.31. The number of amides is 1. The minimum Gasteiger partial charge on any atom is -0.338 e. The number of carbonyl (C=O) groups excluding carboxylic acids is 1. The summed E-state index contributed by atoms with van der Waals surface area (Å²) in [6.07, 6.45) is -2.74. The molecule has 184 valence electrons. The fraction of sp³-hybridized carbons (Fsp3) is 0.286. The summed E-state index contributed by atoms with van der Waals surface area (Å²) in [7, 11) is 0. The topological polar surface area (TPSA) is 59.0 Å². The van der Waals surface area contributed by atoms with Crippen molar-refractivity contribution < 1.29 is 18.0 Å². The number of aryl methyl sites for hydroxylation is 2. The van der Waals surface area contributed by atoms with Crippen LogP contribution in [0.1, 0.15) is 51.8 Å². The molecule has 36 heavy (non-hydrogen) atoms. The van der Waals surface area contributed by atoms with E-state index in [2.05, 4.69) is 9.97 Å². The van der Waals surface area contributed by atoms with Gasteiger partial charge in [-0.3, -0.25) is 9.78 Å². The van der Waals surface area contributed by atoms with Crippen LogP contribution in [-0.4, -0.2) is 38.8 Å². The van der Waals surface area contributed by atoms with Gasteiger partial charge < -0.3 is 4.90 Å². The van der Waals surface area contributed by atoms with Crippen LogP contribution in [0.2, 0.25) is 0 Å². The number of alkyl halides is 3. The summed E-state index contributed by atoms with van der Waals surface area (Å²) in [5.74, 6) is -0.0748. The van der Waals surface area contributed by atoms with Gasteiger partial charge in [0.05, 0.1) is 33.7 Å². The van der Waals surface area contributed by atoms with Crippen molar-refractivity contribution in [1.29, 1.82) is 0 Å². The maximum atomic E-state index is 13.3. The Morgan fingerprint density at radius 3 is 2.44 bits per heavy atom. The number of rotatable bonds is 3. The van der Waals surface area contributed by atoms with Crippen LogP contribution in [0, 0.1) is 13.8 Å². The van der Waals surface area contributed by atoms with Crippen LogP contribution < -0.4 is 0 Å². The molecule has 2 aromatic heterocycles. The second-order valence-electron chi connectivity index (χ2n) is 9.21. The Bertz CT molecular complexity index is 1450. The first kappa shape index (κ1) is 23.9. The molecule has 0 saturated carbocycles. The van der Waals surface area contributed by atoms with E-state index in [1.54, 1.807) is 24.3 Å². The number of halogens is 3. The van der Waals surface area contributed by atoms with Crippen LogP contribution in [0.5, 0.6) is 0 Å². The molecule has 1 fully saturated rings. The van der Waals surface area contributed by atoms with Crippen LogP contribution in [0.4, 0.5) is 13.2 Å². The van der Waals surface area contributed by atoms with Gasteiger partial charge in [-0.15, -0.1) is 0 Å². The Morgan fingerprint density at radius 2 is 1.67 bits per heavy atom. The van der Waals surface area contributed by atoms with Crippen LogP contribution in [0.3, 0.4) is 0 Å². The molecule has 1 amide bonds. The SMILES string of the molecule is Cc1nc2ccc(C(=O)N3CCC[C@H](c4cccc(-c5cccc(C(F)(F)F)c5)n4)C3)cc2nc1C. The second-order valence-corrected chi connectivity index (χ2v) is 9.21. The van der Waals surface area contributed by atoms with Gasteiger partial charge in [0.15, 0.2) is 0 Å². The Balaban J connectivity index is 1.37. The zero-order valence-corrected chi connectivity index (χ0v) is 20.0. The van der Waals surface area contributed by atoms with E-state index in [0.717, 1.165) is 47.6 Å². The Hall–Kier alpha value is -3.81. The maximum Gasteiger partial charge on any atom is 0.416 e. The number of pyridine rings is 1. The van der Waals surface area contributed by atoms with E-state index in [1.807, 2.05) is 36.9 Å². The molecule has 5 nitrogen and oxygen atoms in total. The van der Waals surface area contributed by atoms with Crippen molar-refractivity contribution in [3.05, 3.63) is 88.9 Å². The molecule has 4 aromatic rings. The highest BCUT2D eigenvalue weighted by Crippen LogP contribution is 2.33. The molecule has 0 aliphatic carbocycles. The van der Waals surface area contributed by atoms with E-state index in [1.165, 1.54) is 6.07 Å². The summed E-state index contributed by atoms with van der Waals surface area (Å²) in [5, 5.41) is 0. The van der Waals surface area contributed by atoms with Crippen molar-refractivity contribution in [2.75, 3.05) is 13.1 Å². The molecule has 5 rings (SSSR count). The van der Waals surface area contributed by atoms with Gasteiger partial charge in [-0.1, -0.05) is 18.2 Å². The lowest BCUT2D eigenvalue weighted by Gasteiger charge is -2.32. The number of likely N-dealkylation sites (tertiary alicyclic amines) is 1. The van der Waals surface area contributed by atoms with E-state index in [0.29, 0.717) is 35.4 Å². The Labute approximate surface area is 207 Å². The first-order valence-corrected chi connectivity index (χ1v) is 11.9. The molecule has 0 N–H and O–H groups in total. The monoisotopic (exact) mass is 490 g/mol. The number of fused-ring (bicyclic) bond motifs is 1. The fourth-order valence-electron chi connectivity index (χ4n) is 4.64. The van der Waals surface area contributed by atoms with Crippen LogP contribution >= 0.6 is 0 Å². The van der Waals surface area contributed by atoms with Gasteiger partial charge in [0.25, 0.3) is 5.91 Å². The van der Waals surface area contributed by atoms with Gasteiger partial charge in [0.2, 0.25) is 0 Å². The number of nitrogens with zero attached hydrogens (tertiary/aromatic N) is 4. The predicted molar refractivity (Wildman–Crippen MR) is 132 cm³/mol. The lowest BCUT2D eigenvalue weighted by Crippen LogP contribution is -2.39. The molecule has 2 aromatic carbocycles. The van der Waals surface area contributed by atoms with Gasteiger partial charge in [0.1, 0.15) is 0 Å². The van der Waals surface area contributed by atoms with Crippen molar-refractivity contribution in [3.63, 3.8) is 0 Å². The third-order valence-corrected chi connectivity index (χ3v) is 6.71. The molecule has 8 heteroatoms. The minimum atomic E-state index is -4.41. The van der Waals surface area contributed by atoms with Crippen molar-refractivity contribution in [2.24, 2.45) is 0 Å². The third-order valence-electron chi connectivity index (χ3n) is 6.71. The predicted octanol–water partition coefficient (Wildman–Crippen LogP) is 6.35. The number of hydrogen-bond acceptors (Lipinski definition) is 4. The molecule has 1 aliphatic rings. The van der Waals surface area contributed by atoms with Gasteiger partial charge in [0, 0.05) is 35.8 Å². The van der Waals surface area contributed by atoms with Crippen LogP contribution in [0.15, 0.2) is 60.7 Å². The normalized spacial score (nSPS) is 16.4. The van der Waals surface area contributed by atoms with Gasteiger partial charge in [-0.05, 0) is 69.2 Å². The summed E-state index contributed by atoms with van der Waals surface area (Å²) in [6.45, 7) is 4.94. The van der Waals surface area contributed by atoms with Crippen LogP contribution in [-0.2, 0) is 6.18 Å². The van der Waals surface area contributed by atoms with Crippen LogP contribution in [0.25, 0.3) is 22.3 Å². The van der Waals surface area contributed by atoms with Crippen molar-refractivity contribution in [2.45, 2.75) is 38.8 Å². The van der Waals surface area contributed by atoms with E-state index < -0.39 is 11.7 Å². The van der Waals surface area contributed by atoms with E-state index in [-0.39, 0.29) is 11.8 Å². The smallest absolute Gasteiger partial charge is 0.338 e. The Morgan fingerprint density at radius 1 is 0.917 bits per heavy atom. The zero-order valence-electron chi connectivity index (χ0n) is 20.0. The average Bonchev–Trinajstić information content (AvgIpc) is 2.88. The summed E-state index contributed by atoms with van der Waals surface area (Å²) < 4.78 is 39.5. The van der Waals surface area contributed by atoms with E-state index in [9.17, 15) is 18.0 Å². The fourth-order valence-corrected chi connectivity index (χ4v) is 4.64. The average molecular weight is 491 g/mol. The third kappa shape index (κ3) is 4.80. The lowest BCUT2D eigenvalue weighted by molar-refractivity contribution is -0.137. The molecular weight excluding hydrogens is 465 g/mol. The highest BCUT2D eigenvalue weighted by molar-refractivity contribution is 5.97. The highest BCUT2D eigenvalue weighted by atomic mass is 19.4. The quantitative estimate of drug-likeness (QED) is 0.336. The Kier molecular flexibility index (Phi) is 6.20. The van der Waals surface area contributed by atoms with Gasteiger partial charge >= 0.3 is 6.18 Å². The molecule has 0 bridgehead atoms. The van der Waals surface area contributed by atoms with Gasteiger partial charge in [-0.25, -0.2) is 9.97 Å². The number of piperidine rings is 1. The summed E-state index contributed by atoms with van der Waals surface area (Å²) in [4.78, 5) is 29.0. The molecule has 3 heterocycles. The number of carbonyl (C=O) groups is 1. The van der Waals surface area contributed by atoms with Crippen molar-refractivity contribution >= 4 is 16.9 Å². The lowest BCUT2D eigenvalue weighted by atomic mass is 9.93. The summed E-state index contributed by atoms with van der Waals surface area (Å²) >= 11 is 0. The molecule has 0 unspecified atom stereocenters. The standard InChI is InChI=1S/C28H25F3N4O/c1-17-18(2)33-26-15-20(11-12-25(26)32-17)27(36)35-13-5-7-21(16-35)24-10-4-9-23(34-24)19-6-3-8-22(14-19)28(29,30)31/h3-4,6,8-12,14-15,21H,5,7,13,16H2,1-2H3/t21-/m0/s1. The van der Waals surface area contributed by atoms with Crippen molar-refractivity contribution in [1.82, 2.24) is 19.9 Å². The number of hydrogen-bond donors (Lipinski definition) is 0. The molecule has 1 atom stereocenters. The number of benzene rings is 2.